The minimum Gasteiger partial charge on any atom is -0.504 e. The van der Waals surface area contributed by atoms with Crippen molar-refractivity contribution >= 4 is 0 Å². The normalized spacial score (nSPS) is 29.8. The fraction of sp³-hybridized carbons (Fsp3) is 0.556. The molecule has 1 aliphatic rings. The summed E-state index contributed by atoms with van der Waals surface area (Å²) in [7, 11) is 0. The van der Waals surface area contributed by atoms with Gasteiger partial charge in [0, 0.05) is 0 Å². The molecule has 1 saturated heterocycles. The van der Waals surface area contributed by atoms with Crippen LogP contribution in [0.15, 0.2) is 12.1 Å². The van der Waals surface area contributed by atoms with Gasteiger partial charge in [0.05, 0.1) is 6.10 Å². The zero-order valence-electron chi connectivity index (χ0n) is 13.8. The second-order valence-electron chi connectivity index (χ2n) is 6.09. The van der Waals surface area contributed by atoms with Crippen molar-refractivity contribution in [1.29, 1.82) is 0 Å². The Morgan fingerprint density at radius 3 is 2.42 bits per heavy atom. The quantitative estimate of drug-likeness (QED) is 0.407. The van der Waals surface area contributed by atoms with E-state index in [4.69, 9.17) is 4.74 Å². The van der Waals surface area contributed by atoms with Gasteiger partial charge in [-0.25, -0.2) is 0 Å². The molecule has 1 aromatic rings. The van der Waals surface area contributed by atoms with Crippen molar-refractivity contribution < 1.29 is 30.3 Å². The highest BCUT2D eigenvalue weighted by Crippen LogP contribution is 2.33. The van der Waals surface area contributed by atoms with Crippen LogP contribution in [0, 0.1) is 18.8 Å². The summed E-state index contributed by atoms with van der Waals surface area (Å²) in [6, 6.07) is 3.47. The molecule has 132 valence electrons. The molecule has 2 unspecified atom stereocenters. The van der Waals surface area contributed by atoms with E-state index in [0.717, 1.165) is 0 Å². The van der Waals surface area contributed by atoms with Crippen molar-refractivity contribution in [3.8, 4) is 23.3 Å². The second kappa shape index (κ2) is 7.86. The van der Waals surface area contributed by atoms with E-state index in [0.29, 0.717) is 30.4 Å². The monoisotopic (exact) mass is 336 g/mol. The van der Waals surface area contributed by atoms with Gasteiger partial charge in [0.15, 0.2) is 11.5 Å². The van der Waals surface area contributed by atoms with Gasteiger partial charge in [0.2, 0.25) is 0 Å². The topological polar surface area (TPSA) is 110 Å². The van der Waals surface area contributed by atoms with Crippen molar-refractivity contribution in [1.82, 2.24) is 0 Å². The third kappa shape index (κ3) is 3.82. The van der Waals surface area contributed by atoms with Crippen molar-refractivity contribution in [2.45, 2.75) is 63.6 Å². The molecule has 5 N–H and O–H groups in total. The summed E-state index contributed by atoms with van der Waals surface area (Å²) < 4.78 is 5.59. The molecule has 1 aromatic carbocycles. The van der Waals surface area contributed by atoms with Crippen molar-refractivity contribution in [2.24, 2.45) is 0 Å². The van der Waals surface area contributed by atoms with E-state index in [1.807, 2.05) is 0 Å². The molecular formula is C18H24O6. The van der Waals surface area contributed by atoms with Gasteiger partial charge in [-0.3, -0.25) is 0 Å². The predicted molar refractivity (Wildman–Crippen MR) is 87.6 cm³/mol. The molecule has 1 aliphatic heterocycles. The molecule has 0 aromatic heterocycles. The number of aliphatic hydroxyl groups excluding tert-OH is 3. The summed E-state index contributed by atoms with van der Waals surface area (Å²) in [5, 5.41) is 49.5. The molecule has 6 nitrogen and oxygen atoms in total. The average molecular weight is 336 g/mol. The molecule has 2 rings (SSSR count). The smallest absolute Gasteiger partial charge is 0.160 e. The molecule has 24 heavy (non-hydrogen) atoms. The number of phenolic OH excluding ortho intramolecular Hbond substituents is 2. The summed E-state index contributed by atoms with van der Waals surface area (Å²) >= 11 is 0. The molecule has 0 bridgehead atoms. The minimum atomic E-state index is -1.31. The zero-order chi connectivity index (χ0) is 17.9. The molecule has 1 heterocycles. The molecule has 0 aliphatic carbocycles. The lowest BCUT2D eigenvalue weighted by molar-refractivity contribution is -0.208. The Hall–Kier alpha value is -1.78. The van der Waals surface area contributed by atoms with Crippen LogP contribution in [0.4, 0.5) is 0 Å². The summed E-state index contributed by atoms with van der Waals surface area (Å²) in [6.45, 7) is 3.31. The maximum atomic E-state index is 10.1. The van der Waals surface area contributed by atoms with E-state index >= 15 is 0 Å². The lowest BCUT2D eigenvalue weighted by Gasteiger charge is -2.38. The predicted octanol–water partition coefficient (Wildman–Crippen LogP) is 0.602. The molecule has 0 amide bonds. The summed E-state index contributed by atoms with van der Waals surface area (Å²) in [4.78, 5) is 0. The number of ether oxygens (including phenoxy) is 1. The Morgan fingerprint density at radius 1 is 1.04 bits per heavy atom. The van der Waals surface area contributed by atoms with Crippen LogP contribution in [0.5, 0.6) is 11.5 Å². The standard InChI is InChI=1S/C18H24O6/c1-3-5-12-16(21)18(23)17(22)13(24-12)7-4-6-11-9-8-10(2)14(19)15(11)20/h8-9,12-13,16-23H,4,6-7H2,1-2H3/t12?,13-,16-,17?,18+/m0/s1. The largest absolute Gasteiger partial charge is 0.504 e. The van der Waals surface area contributed by atoms with Crippen LogP contribution >= 0.6 is 0 Å². The van der Waals surface area contributed by atoms with E-state index in [2.05, 4.69) is 11.8 Å². The first-order valence-electron chi connectivity index (χ1n) is 7.99. The lowest BCUT2D eigenvalue weighted by Crippen LogP contribution is -2.57. The van der Waals surface area contributed by atoms with Crippen LogP contribution in [-0.2, 0) is 11.2 Å². The number of phenols is 2. The van der Waals surface area contributed by atoms with Gasteiger partial charge in [-0.1, -0.05) is 18.1 Å². The molecule has 6 heteroatoms. The van der Waals surface area contributed by atoms with Crippen LogP contribution in [0.25, 0.3) is 0 Å². The van der Waals surface area contributed by atoms with Gasteiger partial charge in [-0.05, 0) is 44.2 Å². The van der Waals surface area contributed by atoms with Gasteiger partial charge in [0.1, 0.15) is 24.4 Å². The maximum Gasteiger partial charge on any atom is 0.160 e. The first-order chi connectivity index (χ1) is 11.4. The highest BCUT2D eigenvalue weighted by Gasteiger charge is 2.42. The van der Waals surface area contributed by atoms with Crippen molar-refractivity contribution in [2.75, 3.05) is 0 Å². The number of aromatic hydroxyl groups is 2. The fourth-order valence-electron chi connectivity index (χ4n) is 2.87. The molecule has 1 fully saturated rings. The maximum absolute atomic E-state index is 10.1. The minimum absolute atomic E-state index is 0.127. The van der Waals surface area contributed by atoms with Crippen LogP contribution < -0.4 is 0 Å². The van der Waals surface area contributed by atoms with Gasteiger partial charge in [-0.2, -0.15) is 0 Å². The number of hydrogen-bond donors (Lipinski definition) is 5. The first-order valence-corrected chi connectivity index (χ1v) is 7.99. The Kier molecular flexibility index (Phi) is 6.08. The molecule has 5 atom stereocenters. The van der Waals surface area contributed by atoms with Crippen LogP contribution in [0.1, 0.15) is 30.9 Å². The van der Waals surface area contributed by atoms with Crippen LogP contribution in [0.2, 0.25) is 0 Å². The van der Waals surface area contributed by atoms with Gasteiger partial charge < -0.3 is 30.3 Å². The third-order valence-electron chi connectivity index (χ3n) is 4.37. The molecule has 0 saturated carbocycles. The van der Waals surface area contributed by atoms with Crippen molar-refractivity contribution in [3.05, 3.63) is 23.3 Å². The Balaban J connectivity index is 1.98. The Bertz CT molecular complexity index is 632. The number of benzene rings is 1. The SMILES string of the molecule is CC#CC1O[C@@H](CCCc2ccc(C)c(O)c2O)C(O)[C@H](O)[C@H]1O. The number of aryl methyl sites for hydroxylation is 2. The van der Waals surface area contributed by atoms with Gasteiger partial charge in [-0.15, -0.1) is 5.92 Å². The van der Waals surface area contributed by atoms with E-state index in [1.165, 1.54) is 0 Å². The molecule has 0 radical (unpaired) electrons. The van der Waals surface area contributed by atoms with Crippen molar-refractivity contribution in [3.63, 3.8) is 0 Å². The summed E-state index contributed by atoms with van der Waals surface area (Å²) in [5.74, 6) is 5.06. The van der Waals surface area contributed by atoms with Gasteiger partial charge >= 0.3 is 0 Å². The van der Waals surface area contributed by atoms with E-state index < -0.39 is 30.5 Å². The lowest BCUT2D eigenvalue weighted by atomic mass is 9.91. The molecular weight excluding hydrogens is 312 g/mol. The highest BCUT2D eigenvalue weighted by molar-refractivity contribution is 5.49. The number of hydrogen-bond acceptors (Lipinski definition) is 6. The third-order valence-corrected chi connectivity index (χ3v) is 4.37. The Morgan fingerprint density at radius 2 is 1.75 bits per heavy atom. The summed E-state index contributed by atoms with van der Waals surface area (Å²) in [5.41, 5.74) is 1.20. The average Bonchev–Trinajstić information content (AvgIpc) is 2.57. The van der Waals surface area contributed by atoms with Crippen LogP contribution in [-0.4, -0.2) is 56.1 Å². The number of aliphatic hydroxyl groups is 3. The van der Waals surface area contributed by atoms with E-state index in [1.54, 1.807) is 26.0 Å². The number of rotatable bonds is 4. The van der Waals surface area contributed by atoms with E-state index in [-0.39, 0.29) is 11.5 Å². The van der Waals surface area contributed by atoms with Crippen LogP contribution in [0.3, 0.4) is 0 Å². The fourth-order valence-corrected chi connectivity index (χ4v) is 2.87. The molecule has 0 spiro atoms. The summed E-state index contributed by atoms with van der Waals surface area (Å²) in [6.07, 6.45) is -3.79. The second-order valence-corrected chi connectivity index (χ2v) is 6.09. The highest BCUT2D eigenvalue weighted by atomic mass is 16.5. The Labute approximate surface area is 141 Å². The van der Waals surface area contributed by atoms with Gasteiger partial charge in [0.25, 0.3) is 0 Å². The first kappa shape index (κ1) is 18.6. The zero-order valence-corrected chi connectivity index (χ0v) is 13.8. The van der Waals surface area contributed by atoms with E-state index in [9.17, 15) is 25.5 Å².